The molecule has 2 rings (SSSR count). The zero-order chi connectivity index (χ0) is 15.1. The molecule has 6 nitrogen and oxygen atoms in total. The highest BCUT2D eigenvalue weighted by atomic mass is 16.2. The van der Waals surface area contributed by atoms with Crippen LogP contribution in [0.1, 0.15) is 34.1 Å². The van der Waals surface area contributed by atoms with Gasteiger partial charge in [-0.15, -0.1) is 0 Å². The molecule has 2 heterocycles. The second-order valence-corrected chi connectivity index (χ2v) is 6.69. The molecule has 2 aliphatic rings. The van der Waals surface area contributed by atoms with E-state index in [4.69, 9.17) is 0 Å². The van der Waals surface area contributed by atoms with Crippen LogP contribution in [0.2, 0.25) is 0 Å². The fraction of sp³-hybridized carbons (Fsp3) is 0.786. The average molecular weight is 281 g/mol. The summed E-state index contributed by atoms with van der Waals surface area (Å²) in [6.45, 7) is 8.77. The highest BCUT2D eigenvalue weighted by molar-refractivity contribution is 6.08. The minimum atomic E-state index is -0.917. The predicted octanol–water partition coefficient (Wildman–Crippen LogP) is 0.821. The molecule has 2 aliphatic heterocycles. The smallest absolute Gasteiger partial charge is 0.325 e. The largest absolute Gasteiger partial charge is 0.341 e. The van der Waals surface area contributed by atoms with Gasteiger partial charge in [0.15, 0.2) is 0 Å². The van der Waals surface area contributed by atoms with Gasteiger partial charge in [0.25, 0.3) is 5.91 Å². The van der Waals surface area contributed by atoms with E-state index < -0.39 is 11.6 Å². The Hall–Kier alpha value is -1.59. The molecule has 0 bridgehead atoms. The van der Waals surface area contributed by atoms with Crippen molar-refractivity contribution in [2.45, 2.75) is 39.7 Å². The quantitative estimate of drug-likeness (QED) is 0.762. The maximum absolute atomic E-state index is 12.3. The van der Waals surface area contributed by atoms with Crippen LogP contribution < -0.4 is 5.32 Å². The Labute approximate surface area is 119 Å². The lowest BCUT2D eigenvalue weighted by Crippen LogP contribution is -2.48. The number of likely N-dealkylation sites (tertiary alicyclic amines) is 1. The molecule has 0 aromatic carbocycles. The summed E-state index contributed by atoms with van der Waals surface area (Å²) in [6.07, 6.45) is 1.11. The Balaban J connectivity index is 2.01. The molecule has 4 amide bonds. The van der Waals surface area contributed by atoms with Crippen molar-refractivity contribution in [1.82, 2.24) is 15.1 Å². The Morgan fingerprint density at radius 2 is 1.80 bits per heavy atom. The van der Waals surface area contributed by atoms with Crippen molar-refractivity contribution in [2.24, 2.45) is 11.8 Å². The summed E-state index contributed by atoms with van der Waals surface area (Å²) in [5.41, 5.74) is -0.917. The van der Waals surface area contributed by atoms with Gasteiger partial charge in [-0.1, -0.05) is 13.8 Å². The van der Waals surface area contributed by atoms with Crippen LogP contribution in [0.4, 0.5) is 4.79 Å². The zero-order valence-corrected chi connectivity index (χ0v) is 12.6. The van der Waals surface area contributed by atoms with Gasteiger partial charge in [0.05, 0.1) is 0 Å². The van der Waals surface area contributed by atoms with Crippen LogP contribution in [0.25, 0.3) is 0 Å². The molecule has 0 spiro atoms. The van der Waals surface area contributed by atoms with Crippen LogP contribution in [0.3, 0.4) is 0 Å². The molecule has 20 heavy (non-hydrogen) atoms. The van der Waals surface area contributed by atoms with E-state index in [9.17, 15) is 14.4 Å². The van der Waals surface area contributed by atoms with Crippen LogP contribution in [0, 0.1) is 11.8 Å². The fourth-order valence-corrected chi connectivity index (χ4v) is 3.06. The first-order chi connectivity index (χ1) is 9.20. The van der Waals surface area contributed by atoms with Gasteiger partial charge >= 0.3 is 6.03 Å². The normalized spacial score (nSPS) is 29.6. The minimum absolute atomic E-state index is 0.149. The Morgan fingerprint density at radius 3 is 2.25 bits per heavy atom. The number of carbonyl (C=O) groups excluding carboxylic acids is 3. The van der Waals surface area contributed by atoms with Gasteiger partial charge in [-0.25, -0.2) is 4.79 Å². The molecule has 2 fully saturated rings. The third-order valence-corrected chi connectivity index (χ3v) is 3.96. The minimum Gasteiger partial charge on any atom is -0.341 e. The van der Waals surface area contributed by atoms with E-state index in [-0.39, 0.29) is 18.4 Å². The second-order valence-electron chi connectivity index (χ2n) is 6.69. The summed E-state index contributed by atoms with van der Waals surface area (Å²) >= 11 is 0. The molecule has 0 radical (unpaired) electrons. The third kappa shape index (κ3) is 2.78. The van der Waals surface area contributed by atoms with Crippen molar-refractivity contribution in [1.29, 1.82) is 0 Å². The van der Waals surface area contributed by atoms with E-state index in [0.717, 1.165) is 11.3 Å². The first-order valence-corrected chi connectivity index (χ1v) is 7.12. The molecule has 2 atom stereocenters. The van der Waals surface area contributed by atoms with E-state index in [0.29, 0.717) is 24.9 Å². The number of carbonyl (C=O) groups is 3. The maximum Gasteiger partial charge on any atom is 0.325 e. The second kappa shape index (κ2) is 5.07. The van der Waals surface area contributed by atoms with Gasteiger partial charge in [-0.05, 0) is 32.1 Å². The molecule has 0 saturated carbocycles. The van der Waals surface area contributed by atoms with Crippen molar-refractivity contribution >= 4 is 17.8 Å². The zero-order valence-electron chi connectivity index (χ0n) is 12.6. The van der Waals surface area contributed by atoms with Crippen LogP contribution in [-0.2, 0) is 9.59 Å². The Morgan fingerprint density at radius 1 is 1.25 bits per heavy atom. The van der Waals surface area contributed by atoms with Crippen molar-refractivity contribution < 1.29 is 14.4 Å². The molecule has 2 saturated heterocycles. The fourth-order valence-electron chi connectivity index (χ4n) is 3.06. The number of hydrogen-bond donors (Lipinski definition) is 1. The molecular weight excluding hydrogens is 258 g/mol. The van der Waals surface area contributed by atoms with Gasteiger partial charge in [-0.2, -0.15) is 0 Å². The van der Waals surface area contributed by atoms with Crippen molar-refractivity contribution in [3.8, 4) is 0 Å². The lowest BCUT2D eigenvalue weighted by molar-refractivity contribution is -0.140. The lowest BCUT2D eigenvalue weighted by Gasteiger charge is -2.35. The van der Waals surface area contributed by atoms with Gasteiger partial charge in [0.2, 0.25) is 5.91 Å². The van der Waals surface area contributed by atoms with Gasteiger partial charge in [0, 0.05) is 13.1 Å². The molecule has 2 unspecified atom stereocenters. The van der Waals surface area contributed by atoms with E-state index in [1.807, 2.05) is 0 Å². The number of hydrogen-bond acceptors (Lipinski definition) is 3. The van der Waals surface area contributed by atoms with Gasteiger partial charge in [-0.3, -0.25) is 14.5 Å². The monoisotopic (exact) mass is 281 g/mol. The van der Waals surface area contributed by atoms with Gasteiger partial charge in [0.1, 0.15) is 12.1 Å². The maximum atomic E-state index is 12.3. The van der Waals surface area contributed by atoms with E-state index in [2.05, 4.69) is 19.2 Å². The summed E-state index contributed by atoms with van der Waals surface area (Å²) in [5.74, 6) is 0.433. The number of imide groups is 1. The van der Waals surface area contributed by atoms with E-state index in [1.54, 1.807) is 18.7 Å². The van der Waals surface area contributed by atoms with Crippen molar-refractivity contribution in [3.05, 3.63) is 0 Å². The topological polar surface area (TPSA) is 69.7 Å². The number of amides is 4. The number of urea groups is 1. The predicted molar refractivity (Wildman–Crippen MR) is 73.8 cm³/mol. The lowest BCUT2D eigenvalue weighted by atomic mass is 9.92. The Bertz CT molecular complexity index is 437. The molecular formula is C14H23N3O3. The summed E-state index contributed by atoms with van der Waals surface area (Å²) in [6, 6.07) is -0.480. The highest BCUT2D eigenvalue weighted by Gasteiger charge is 2.45. The molecule has 0 aromatic rings. The first-order valence-electron chi connectivity index (χ1n) is 7.12. The van der Waals surface area contributed by atoms with Crippen molar-refractivity contribution in [2.75, 3.05) is 19.6 Å². The third-order valence-electron chi connectivity index (χ3n) is 3.96. The number of nitrogens with zero attached hydrogens (tertiary/aromatic N) is 2. The summed E-state index contributed by atoms with van der Waals surface area (Å²) in [5, 5.41) is 2.59. The average Bonchev–Trinajstić information content (AvgIpc) is 2.50. The number of piperidine rings is 1. The summed E-state index contributed by atoms with van der Waals surface area (Å²) in [4.78, 5) is 38.9. The van der Waals surface area contributed by atoms with E-state index >= 15 is 0 Å². The van der Waals surface area contributed by atoms with Crippen molar-refractivity contribution in [3.63, 3.8) is 0 Å². The first kappa shape index (κ1) is 14.8. The SMILES string of the molecule is CC1CC(C)CN(C(=O)CN2C(=O)NC(C)(C)C2=O)C1. The molecule has 0 aromatic heterocycles. The molecule has 1 N–H and O–H groups in total. The van der Waals surface area contributed by atoms with Crippen LogP contribution >= 0.6 is 0 Å². The van der Waals surface area contributed by atoms with Crippen LogP contribution in [-0.4, -0.2) is 52.8 Å². The Kier molecular flexibility index (Phi) is 3.75. The summed E-state index contributed by atoms with van der Waals surface area (Å²) in [7, 11) is 0. The van der Waals surface area contributed by atoms with Crippen LogP contribution in [0.5, 0.6) is 0 Å². The number of rotatable bonds is 2. The molecule has 0 aliphatic carbocycles. The molecule has 6 heteroatoms. The molecule has 112 valence electrons. The number of nitrogens with one attached hydrogen (secondary N) is 1. The van der Waals surface area contributed by atoms with E-state index in [1.165, 1.54) is 0 Å². The summed E-state index contributed by atoms with van der Waals surface area (Å²) < 4.78 is 0. The standard InChI is InChI=1S/C14H23N3O3/c1-9-5-10(2)7-16(6-9)11(18)8-17-12(19)14(3,4)15-13(17)20/h9-10H,5-8H2,1-4H3,(H,15,20). The highest BCUT2D eigenvalue weighted by Crippen LogP contribution is 2.22. The van der Waals surface area contributed by atoms with Gasteiger partial charge < -0.3 is 10.2 Å². The van der Waals surface area contributed by atoms with Crippen LogP contribution in [0.15, 0.2) is 0 Å².